The van der Waals surface area contributed by atoms with Crippen molar-refractivity contribution in [3.8, 4) is 73.2 Å². The summed E-state index contributed by atoms with van der Waals surface area (Å²) >= 11 is 0. The molecule has 0 bridgehead atoms. The first-order valence-corrected chi connectivity index (χ1v) is 23.2. The fourth-order valence-corrected chi connectivity index (χ4v) is 10.1. The van der Waals surface area contributed by atoms with Gasteiger partial charge < -0.3 is 13.4 Å². The molecule has 0 aliphatic rings. The predicted octanol–water partition coefficient (Wildman–Crippen LogP) is 16.8. The molecule has 0 aliphatic heterocycles. The summed E-state index contributed by atoms with van der Waals surface area (Å²) in [7, 11) is 0. The molecule has 0 atom stereocenters. The second-order valence-electron chi connectivity index (χ2n) is 17.6. The third-order valence-corrected chi connectivity index (χ3v) is 13.5. The van der Waals surface area contributed by atoms with Crippen LogP contribution in [-0.2, 0) is 0 Å². The monoisotopic (exact) mass is 882 g/mol. The zero-order chi connectivity index (χ0) is 45.4. The average molecular weight is 883 g/mol. The van der Waals surface area contributed by atoms with E-state index in [-0.39, 0.29) is 0 Å². The minimum Gasteiger partial charge on any atom is -0.456 e. The van der Waals surface area contributed by atoms with E-state index in [0.717, 1.165) is 99.5 Å². The Labute approximate surface area is 396 Å². The van der Waals surface area contributed by atoms with Crippen molar-refractivity contribution in [3.63, 3.8) is 0 Å². The van der Waals surface area contributed by atoms with E-state index in [1.807, 2.05) is 42.5 Å². The Balaban J connectivity index is 0.859. The largest absolute Gasteiger partial charge is 0.456 e. The molecular weight excluding hydrogens is 845 g/mol. The highest BCUT2D eigenvalue weighted by molar-refractivity contribution is 6.16. The van der Waals surface area contributed by atoms with Gasteiger partial charge in [0.1, 0.15) is 22.3 Å². The van der Waals surface area contributed by atoms with Crippen molar-refractivity contribution in [1.29, 1.82) is 0 Å². The van der Waals surface area contributed by atoms with Crippen molar-refractivity contribution >= 4 is 65.7 Å². The Morgan fingerprint density at radius 3 is 1.58 bits per heavy atom. The number of rotatable bonds is 7. The molecule has 0 aliphatic carbocycles. The predicted molar refractivity (Wildman–Crippen MR) is 281 cm³/mol. The molecule has 10 aromatic carbocycles. The van der Waals surface area contributed by atoms with E-state index in [0.29, 0.717) is 17.5 Å². The van der Waals surface area contributed by atoms with Crippen LogP contribution in [0.5, 0.6) is 0 Å². The van der Waals surface area contributed by atoms with Crippen LogP contribution in [-0.4, -0.2) is 19.5 Å². The third-order valence-electron chi connectivity index (χ3n) is 13.5. The highest BCUT2D eigenvalue weighted by Crippen LogP contribution is 2.42. The van der Waals surface area contributed by atoms with Crippen LogP contribution in [0.2, 0.25) is 0 Å². The van der Waals surface area contributed by atoms with Crippen molar-refractivity contribution < 1.29 is 8.83 Å². The fourth-order valence-electron chi connectivity index (χ4n) is 10.1. The first-order chi connectivity index (χ1) is 34.2. The maximum Gasteiger partial charge on any atom is 0.164 e. The van der Waals surface area contributed by atoms with Crippen molar-refractivity contribution in [1.82, 2.24) is 19.5 Å². The van der Waals surface area contributed by atoms with Crippen LogP contribution in [0.4, 0.5) is 0 Å². The summed E-state index contributed by atoms with van der Waals surface area (Å²) in [4.78, 5) is 15.1. The van der Waals surface area contributed by atoms with Gasteiger partial charge in [-0.15, -0.1) is 0 Å². The van der Waals surface area contributed by atoms with Crippen LogP contribution in [0, 0.1) is 0 Å². The van der Waals surface area contributed by atoms with Gasteiger partial charge in [-0.2, -0.15) is 0 Å². The Hall–Kier alpha value is -9.39. The van der Waals surface area contributed by atoms with E-state index in [4.69, 9.17) is 23.8 Å². The van der Waals surface area contributed by atoms with E-state index in [1.54, 1.807) is 0 Å². The Morgan fingerprint density at radius 2 is 0.812 bits per heavy atom. The first-order valence-electron chi connectivity index (χ1n) is 23.2. The molecule has 4 heterocycles. The van der Waals surface area contributed by atoms with Crippen LogP contribution in [0.1, 0.15) is 0 Å². The van der Waals surface area contributed by atoms with Gasteiger partial charge in [0.25, 0.3) is 0 Å². The van der Waals surface area contributed by atoms with E-state index in [1.165, 1.54) is 21.9 Å². The van der Waals surface area contributed by atoms with Crippen molar-refractivity contribution in [2.45, 2.75) is 0 Å². The lowest BCUT2D eigenvalue weighted by Gasteiger charge is -2.09. The maximum atomic E-state index is 6.60. The van der Waals surface area contributed by atoms with E-state index in [9.17, 15) is 0 Å². The number of benzene rings is 10. The van der Waals surface area contributed by atoms with Gasteiger partial charge in [0, 0.05) is 54.7 Å². The molecule has 0 saturated carbocycles. The van der Waals surface area contributed by atoms with E-state index < -0.39 is 0 Å². The zero-order valence-corrected chi connectivity index (χ0v) is 37.0. The van der Waals surface area contributed by atoms with Crippen LogP contribution in [0.25, 0.3) is 139 Å². The number of hydrogen-bond acceptors (Lipinski definition) is 5. The smallest absolute Gasteiger partial charge is 0.164 e. The quantitative estimate of drug-likeness (QED) is 0.159. The molecular formula is C63H38N4O2. The second-order valence-corrected chi connectivity index (χ2v) is 17.6. The zero-order valence-electron chi connectivity index (χ0n) is 37.0. The SMILES string of the molecule is c1ccc(-c2ccc(-c3nc(-c4ccccc4)nc(-c4ccc5c(c4)oc4ccc(-c6cccc7oc8ccc(-n9c%10ccccc%10c%10cc(-c%11ccccc%11)ccc%109)cc8c67)cc45)n3)cc2)cc1. The number of aromatic nitrogens is 4. The molecule has 14 aromatic rings. The van der Waals surface area contributed by atoms with Gasteiger partial charge in [0.15, 0.2) is 17.5 Å². The summed E-state index contributed by atoms with van der Waals surface area (Å²) in [6.45, 7) is 0. The van der Waals surface area contributed by atoms with Gasteiger partial charge in [0.2, 0.25) is 0 Å². The Morgan fingerprint density at radius 1 is 0.275 bits per heavy atom. The molecule has 0 spiro atoms. The van der Waals surface area contributed by atoms with Gasteiger partial charge in [-0.1, -0.05) is 164 Å². The molecule has 69 heavy (non-hydrogen) atoms. The van der Waals surface area contributed by atoms with Gasteiger partial charge >= 0.3 is 0 Å². The molecule has 6 heteroatoms. The lowest BCUT2D eigenvalue weighted by molar-refractivity contribution is 0.669. The van der Waals surface area contributed by atoms with Gasteiger partial charge in [-0.3, -0.25) is 0 Å². The second kappa shape index (κ2) is 15.6. The van der Waals surface area contributed by atoms with Gasteiger partial charge in [0.05, 0.1) is 11.0 Å². The molecule has 0 saturated heterocycles. The number of para-hydroxylation sites is 1. The number of fused-ring (bicyclic) bond motifs is 9. The number of hydrogen-bond donors (Lipinski definition) is 0. The van der Waals surface area contributed by atoms with Crippen LogP contribution >= 0.6 is 0 Å². The lowest BCUT2D eigenvalue weighted by atomic mass is 9.97. The summed E-state index contributed by atoms with van der Waals surface area (Å²) in [6, 6.07) is 80.5. The molecule has 322 valence electrons. The first kappa shape index (κ1) is 38.8. The van der Waals surface area contributed by atoms with Crippen molar-refractivity contribution in [2.24, 2.45) is 0 Å². The van der Waals surface area contributed by atoms with E-state index in [2.05, 4.69) is 193 Å². The number of nitrogens with zero attached hydrogens (tertiary/aromatic N) is 4. The van der Waals surface area contributed by atoms with Crippen LogP contribution < -0.4 is 0 Å². The maximum absolute atomic E-state index is 6.60. The Kier molecular flexibility index (Phi) is 8.79. The molecule has 0 radical (unpaired) electrons. The summed E-state index contributed by atoms with van der Waals surface area (Å²) in [5, 5.41) is 6.61. The van der Waals surface area contributed by atoms with E-state index >= 15 is 0 Å². The molecule has 14 rings (SSSR count). The third kappa shape index (κ3) is 6.53. The highest BCUT2D eigenvalue weighted by atomic mass is 16.3. The molecule has 0 fully saturated rings. The topological polar surface area (TPSA) is 69.9 Å². The van der Waals surface area contributed by atoms with Crippen LogP contribution in [0.15, 0.2) is 239 Å². The lowest BCUT2D eigenvalue weighted by Crippen LogP contribution is -2.00. The molecule has 0 amide bonds. The summed E-state index contributed by atoms with van der Waals surface area (Å²) in [6.07, 6.45) is 0. The summed E-state index contributed by atoms with van der Waals surface area (Å²) in [5.74, 6) is 1.79. The minimum atomic E-state index is 0.574. The highest BCUT2D eigenvalue weighted by Gasteiger charge is 2.20. The van der Waals surface area contributed by atoms with Crippen molar-refractivity contribution in [3.05, 3.63) is 231 Å². The Bertz CT molecular complexity index is 4290. The van der Waals surface area contributed by atoms with Crippen LogP contribution in [0.3, 0.4) is 0 Å². The summed E-state index contributed by atoms with van der Waals surface area (Å²) < 4.78 is 15.6. The fraction of sp³-hybridized carbons (Fsp3) is 0. The van der Waals surface area contributed by atoms with Gasteiger partial charge in [-0.25, -0.2) is 15.0 Å². The normalized spacial score (nSPS) is 11.8. The molecule has 0 unspecified atom stereocenters. The molecule has 4 aromatic heterocycles. The standard InChI is InChI=1S/C63H38N4O2/c1-4-13-39(14-5-1)41-23-25-43(26-24-41)62-64-61(42-17-8-3-9-18-42)65-63(66-62)46-27-31-50-52-36-45(29-33-56(52)69-59(50)37-46)48-20-12-22-58-60(48)53-38-47(30-34-57(53)68-58)67-54-21-11-10-19-49(54)51-35-44(28-32-55(51)67)40-15-6-2-7-16-40/h1-38H. The minimum absolute atomic E-state index is 0.574. The molecule has 0 N–H and O–H groups in total. The average Bonchev–Trinajstić information content (AvgIpc) is 4.10. The number of furan rings is 2. The van der Waals surface area contributed by atoms with Crippen molar-refractivity contribution in [2.75, 3.05) is 0 Å². The van der Waals surface area contributed by atoms with Gasteiger partial charge in [-0.05, 0) is 100 Å². The molecule has 6 nitrogen and oxygen atoms in total. The summed E-state index contributed by atoms with van der Waals surface area (Å²) in [5.41, 5.74) is 16.2.